The van der Waals surface area contributed by atoms with E-state index in [1.807, 2.05) is 0 Å². The van der Waals surface area contributed by atoms with Crippen LogP contribution in [0.25, 0.3) is 0 Å². The number of aromatic nitrogens is 4. The smallest absolute Gasteiger partial charge is 0.223 e. The monoisotopic (exact) mass is 262 g/mol. The van der Waals surface area contributed by atoms with Gasteiger partial charge in [-0.2, -0.15) is 4.98 Å². The van der Waals surface area contributed by atoms with Gasteiger partial charge in [-0.25, -0.2) is 9.97 Å². The van der Waals surface area contributed by atoms with E-state index in [1.54, 1.807) is 6.92 Å². The number of rotatable bonds is 5. The Balaban J connectivity index is 2.01. The predicted octanol–water partition coefficient (Wildman–Crippen LogP) is 1.53. The quantitative estimate of drug-likeness (QED) is 0.842. The Bertz CT molecular complexity index is 551. The van der Waals surface area contributed by atoms with E-state index in [0.29, 0.717) is 30.5 Å². The first-order valence-corrected chi connectivity index (χ1v) is 6.21. The third-order valence-electron chi connectivity index (χ3n) is 2.70. The van der Waals surface area contributed by atoms with Gasteiger partial charge in [0.1, 0.15) is 18.0 Å². The van der Waals surface area contributed by atoms with Gasteiger partial charge in [-0.05, 0) is 5.92 Å². The van der Waals surface area contributed by atoms with Crippen LogP contribution in [0, 0.1) is 6.92 Å². The highest BCUT2D eigenvalue weighted by Crippen LogP contribution is 2.25. The molecule has 102 valence electrons. The normalized spacial score (nSPS) is 10.9. The van der Waals surface area contributed by atoms with Crippen molar-refractivity contribution >= 4 is 11.6 Å². The standard InChI is InChI=1S/C12H18N6O/c1-7(2)10-11(13)15-6-16-12(10)14-5-4-9-17-8(3)19-18-9/h6-7H,4-5H2,1-3H3,(H3,13,14,15,16). The summed E-state index contributed by atoms with van der Waals surface area (Å²) in [5.74, 6) is 2.80. The van der Waals surface area contributed by atoms with Crippen molar-refractivity contribution in [2.24, 2.45) is 0 Å². The van der Waals surface area contributed by atoms with Gasteiger partial charge in [0, 0.05) is 25.5 Å². The van der Waals surface area contributed by atoms with Gasteiger partial charge in [-0.3, -0.25) is 0 Å². The van der Waals surface area contributed by atoms with Crippen molar-refractivity contribution in [3.8, 4) is 0 Å². The number of nitrogen functional groups attached to an aromatic ring is 1. The molecule has 2 aromatic rings. The maximum absolute atomic E-state index is 5.88. The summed E-state index contributed by atoms with van der Waals surface area (Å²) in [4.78, 5) is 12.4. The molecular formula is C12H18N6O. The number of nitrogens with two attached hydrogens (primary N) is 1. The molecule has 0 aliphatic rings. The van der Waals surface area contributed by atoms with E-state index >= 15 is 0 Å². The second kappa shape index (κ2) is 5.64. The number of hydrogen-bond donors (Lipinski definition) is 2. The first kappa shape index (κ1) is 13.3. The molecule has 0 aliphatic heterocycles. The summed E-state index contributed by atoms with van der Waals surface area (Å²) >= 11 is 0. The van der Waals surface area contributed by atoms with Crippen LogP contribution in [0.2, 0.25) is 0 Å². The Hall–Kier alpha value is -2.18. The molecular weight excluding hydrogens is 244 g/mol. The minimum absolute atomic E-state index is 0.260. The lowest BCUT2D eigenvalue weighted by Gasteiger charge is -2.14. The van der Waals surface area contributed by atoms with Gasteiger partial charge in [0.05, 0.1) is 0 Å². The van der Waals surface area contributed by atoms with E-state index < -0.39 is 0 Å². The minimum Gasteiger partial charge on any atom is -0.383 e. The Labute approximate surface area is 111 Å². The summed E-state index contributed by atoms with van der Waals surface area (Å²) in [5, 5.41) is 7.08. The molecule has 0 unspecified atom stereocenters. The fraction of sp³-hybridized carbons (Fsp3) is 0.500. The molecule has 2 rings (SSSR count). The van der Waals surface area contributed by atoms with Gasteiger partial charge in [0.2, 0.25) is 5.89 Å². The maximum atomic E-state index is 5.88. The summed E-state index contributed by atoms with van der Waals surface area (Å²) in [6.45, 7) is 6.55. The van der Waals surface area contributed by atoms with E-state index in [4.69, 9.17) is 10.3 Å². The Morgan fingerprint density at radius 2 is 2.16 bits per heavy atom. The van der Waals surface area contributed by atoms with Crippen molar-refractivity contribution in [3.05, 3.63) is 23.6 Å². The zero-order chi connectivity index (χ0) is 13.8. The molecule has 0 saturated heterocycles. The van der Waals surface area contributed by atoms with Crippen LogP contribution in [0.1, 0.15) is 37.0 Å². The van der Waals surface area contributed by atoms with Crippen LogP contribution in [-0.4, -0.2) is 26.7 Å². The summed E-state index contributed by atoms with van der Waals surface area (Å²) < 4.78 is 4.91. The summed E-state index contributed by atoms with van der Waals surface area (Å²) in [5.41, 5.74) is 6.81. The Morgan fingerprint density at radius 3 is 2.79 bits per heavy atom. The maximum Gasteiger partial charge on any atom is 0.223 e. The summed E-state index contributed by atoms with van der Waals surface area (Å²) in [7, 11) is 0. The van der Waals surface area contributed by atoms with E-state index in [1.165, 1.54) is 6.33 Å². The molecule has 0 spiro atoms. The van der Waals surface area contributed by atoms with Crippen molar-refractivity contribution in [1.29, 1.82) is 0 Å². The van der Waals surface area contributed by atoms with Gasteiger partial charge in [0.15, 0.2) is 5.82 Å². The van der Waals surface area contributed by atoms with Crippen molar-refractivity contribution in [3.63, 3.8) is 0 Å². The number of nitrogens with zero attached hydrogens (tertiary/aromatic N) is 4. The molecule has 0 radical (unpaired) electrons. The van der Waals surface area contributed by atoms with Crippen LogP contribution in [0.4, 0.5) is 11.6 Å². The SMILES string of the molecule is Cc1nc(CCNc2ncnc(N)c2C(C)C)no1. The number of nitrogens with one attached hydrogen (secondary N) is 1. The molecule has 0 aliphatic carbocycles. The van der Waals surface area contributed by atoms with E-state index in [2.05, 4.69) is 39.3 Å². The first-order chi connectivity index (χ1) is 9.08. The molecule has 7 nitrogen and oxygen atoms in total. The van der Waals surface area contributed by atoms with Crippen LogP contribution in [0.15, 0.2) is 10.9 Å². The van der Waals surface area contributed by atoms with Crippen LogP contribution in [0.3, 0.4) is 0 Å². The van der Waals surface area contributed by atoms with Gasteiger partial charge in [0.25, 0.3) is 0 Å². The van der Waals surface area contributed by atoms with E-state index in [-0.39, 0.29) is 5.92 Å². The van der Waals surface area contributed by atoms with E-state index in [9.17, 15) is 0 Å². The van der Waals surface area contributed by atoms with Crippen molar-refractivity contribution in [2.75, 3.05) is 17.6 Å². The van der Waals surface area contributed by atoms with Crippen molar-refractivity contribution in [1.82, 2.24) is 20.1 Å². The molecule has 0 aromatic carbocycles. The molecule has 2 aromatic heterocycles. The van der Waals surface area contributed by atoms with Gasteiger partial charge >= 0.3 is 0 Å². The van der Waals surface area contributed by atoms with E-state index in [0.717, 1.165) is 11.4 Å². The fourth-order valence-corrected chi connectivity index (χ4v) is 1.85. The molecule has 7 heteroatoms. The second-order valence-corrected chi connectivity index (χ2v) is 4.58. The Kier molecular flexibility index (Phi) is 3.94. The molecule has 0 amide bonds. The fourth-order valence-electron chi connectivity index (χ4n) is 1.85. The van der Waals surface area contributed by atoms with Gasteiger partial charge in [-0.1, -0.05) is 19.0 Å². The van der Waals surface area contributed by atoms with Crippen molar-refractivity contribution in [2.45, 2.75) is 33.1 Å². The summed E-state index contributed by atoms with van der Waals surface area (Å²) in [6.07, 6.45) is 2.13. The predicted molar refractivity (Wildman–Crippen MR) is 71.8 cm³/mol. The number of anilines is 2. The molecule has 2 heterocycles. The minimum atomic E-state index is 0.260. The van der Waals surface area contributed by atoms with Crippen LogP contribution in [0.5, 0.6) is 0 Å². The highest BCUT2D eigenvalue weighted by molar-refractivity contribution is 5.56. The topological polar surface area (TPSA) is 103 Å². The van der Waals surface area contributed by atoms with Crippen LogP contribution in [-0.2, 0) is 6.42 Å². The number of hydrogen-bond acceptors (Lipinski definition) is 7. The zero-order valence-corrected chi connectivity index (χ0v) is 11.3. The van der Waals surface area contributed by atoms with Crippen LogP contribution >= 0.6 is 0 Å². The highest BCUT2D eigenvalue weighted by Gasteiger charge is 2.12. The van der Waals surface area contributed by atoms with Crippen molar-refractivity contribution < 1.29 is 4.52 Å². The molecule has 0 fully saturated rings. The average Bonchev–Trinajstić information content (AvgIpc) is 2.74. The molecule has 3 N–H and O–H groups in total. The zero-order valence-electron chi connectivity index (χ0n) is 11.3. The van der Waals surface area contributed by atoms with Gasteiger partial charge in [-0.15, -0.1) is 0 Å². The third-order valence-corrected chi connectivity index (χ3v) is 2.70. The van der Waals surface area contributed by atoms with Gasteiger partial charge < -0.3 is 15.6 Å². The highest BCUT2D eigenvalue weighted by atomic mass is 16.5. The third kappa shape index (κ3) is 3.18. The largest absolute Gasteiger partial charge is 0.383 e. The lowest BCUT2D eigenvalue weighted by Crippen LogP contribution is -2.12. The molecule has 0 atom stereocenters. The first-order valence-electron chi connectivity index (χ1n) is 6.21. The van der Waals surface area contributed by atoms with Crippen LogP contribution < -0.4 is 11.1 Å². The second-order valence-electron chi connectivity index (χ2n) is 4.58. The average molecular weight is 262 g/mol. The number of aryl methyl sites for hydroxylation is 1. The lowest BCUT2D eigenvalue weighted by atomic mass is 10.0. The Morgan fingerprint density at radius 1 is 1.37 bits per heavy atom. The molecule has 0 bridgehead atoms. The lowest BCUT2D eigenvalue weighted by molar-refractivity contribution is 0.387. The molecule has 19 heavy (non-hydrogen) atoms. The summed E-state index contributed by atoms with van der Waals surface area (Å²) in [6, 6.07) is 0. The molecule has 0 saturated carbocycles.